The Morgan fingerprint density at radius 3 is 1.94 bits per heavy atom. The van der Waals surface area contributed by atoms with Crippen molar-refractivity contribution >= 4 is 0 Å². The Hall–Kier alpha value is -1.35. The average molecular weight is 268 g/mol. The Labute approximate surface area is 88.8 Å². The molecular weight excluding hydrogens is 264 g/mol. The summed E-state index contributed by atoms with van der Waals surface area (Å²) >= 11 is 0. The van der Waals surface area contributed by atoms with Crippen molar-refractivity contribution in [2.24, 2.45) is 0 Å². The molecule has 0 fully saturated rings. The second-order valence-corrected chi connectivity index (χ2v) is 3.06. The zero-order valence-corrected chi connectivity index (χ0v) is 7.78. The molecule has 0 aliphatic heterocycles. The Bertz CT molecular complexity index is 387. The van der Waals surface area contributed by atoms with E-state index >= 15 is 0 Å². The number of hydrogen-bond donors (Lipinski definition) is 0. The highest BCUT2D eigenvalue weighted by molar-refractivity contribution is 5.11. The van der Waals surface area contributed by atoms with E-state index in [0.29, 0.717) is 6.20 Å². The lowest BCUT2D eigenvalue weighted by Crippen LogP contribution is -2.37. The number of rotatable bonds is 2. The van der Waals surface area contributed by atoms with E-state index in [4.69, 9.17) is 0 Å². The minimum absolute atomic E-state index is 0.194. The molecule has 1 rings (SSSR count). The van der Waals surface area contributed by atoms with Crippen LogP contribution in [0, 0.1) is 0 Å². The van der Waals surface area contributed by atoms with Crippen LogP contribution in [-0.4, -0.2) is 22.1 Å². The summed E-state index contributed by atoms with van der Waals surface area (Å²) in [5.41, 5.74) is -1.85. The van der Waals surface area contributed by atoms with Gasteiger partial charge >= 0.3 is 18.3 Å². The van der Waals surface area contributed by atoms with E-state index < -0.39 is 35.2 Å². The lowest BCUT2D eigenvalue weighted by molar-refractivity contribution is -0.292. The molecule has 0 bridgehead atoms. The molecule has 0 aromatic carbocycles. The second kappa shape index (κ2) is 3.84. The quantitative estimate of drug-likeness (QED) is 0.753. The maximum Gasteiger partial charge on any atom is 0.459 e. The van der Waals surface area contributed by atoms with Crippen LogP contribution in [0.2, 0.25) is 0 Å². The van der Waals surface area contributed by atoms with Crippen LogP contribution in [-0.2, 0) is 12.5 Å². The molecule has 0 unspecified atom stereocenters. The molecule has 17 heavy (non-hydrogen) atoms. The van der Waals surface area contributed by atoms with Crippen molar-refractivity contribution in [1.82, 2.24) is 9.78 Å². The molecule has 0 amide bonds. The average Bonchev–Trinajstić information content (AvgIpc) is 2.46. The summed E-state index contributed by atoms with van der Waals surface area (Å²) in [5.74, 6) is -5.38. The Balaban J connectivity index is 3.13. The highest BCUT2D eigenvalue weighted by atomic mass is 19.4. The largest absolute Gasteiger partial charge is 0.459 e. The summed E-state index contributed by atoms with van der Waals surface area (Å²) in [5, 5.41) is 2.80. The van der Waals surface area contributed by atoms with Crippen LogP contribution < -0.4 is 0 Å². The summed E-state index contributed by atoms with van der Waals surface area (Å²) in [6, 6.07) is 0.194. The van der Waals surface area contributed by atoms with Crippen molar-refractivity contribution < 1.29 is 35.1 Å². The normalized spacial score (nSPS) is 14.1. The van der Waals surface area contributed by atoms with Gasteiger partial charge in [0.05, 0.1) is 0 Å². The predicted molar refractivity (Wildman–Crippen MR) is 38.2 cm³/mol. The molecule has 0 saturated carbocycles. The first-order chi connectivity index (χ1) is 7.45. The van der Waals surface area contributed by atoms with Gasteiger partial charge in [-0.3, -0.25) is 4.68 Å². The van der Waals surface area contributed by atoms with Gasteiger partial charge in [-0.25, -0.2) is 0 Å². The van der Waals surface area contributed by atoms with Gasteiger partial charge in [0.25, 0.3) is 0 Å². The predicted octanol–water partition coefficient (Wildman–Crippen LogP) is 3.10. The van der Waals surface area contributed by atoms with Crippen LogP contribution in [0.15, 0.2) is 12.3 Å². The summed E-state index contributed by atoms with van der Waals surface area (Å²) in [6.45, 7) is -2.01. The molecule has 0 aliphatic carbocycles. The van der Waals surface area contributed by atoms with Crippen LogP contribution in [0.4, 0.5) is 35.1 Å². The van der Waals surface area contributed by atoms with Crippen molar-refractivity contribution in [1.29, 1.82) is 0 Å². The van der Waals surface area contributed by atoms with Gasteiger partial charge in [0.1, 0.15) is 12.2 Å². The molecule has 0 saturated heterocycles. The molecule has 0 aliphatic rings. The number of alkyl halides is 8. The van der Waals surface area contributed by atoms with Gasteiger partial charge in [-0.15, -0.1) is 0 Å². The van der Waals surface area contributed by atoms with Gasteiger partial charge in [0, 0.05) is 6.20 Å². The minimum atomic E-state index is -5.98. The number of nitrogens with zero attached hydrogens (tertiary/aromatic N) is 2. The van der Waals surface area contributed by atoms with Gasteiger partial charge in [-0.05, 0) is 6.07 Å². The first kappa shape index (κ1) is 13.7. The first-order valence-electron chi connectivity index (χ1n) is 3.99. The fraction of sp³-hybridized carbons (Fsp3) is 0.571. The Morgan fingerprint density at radius 2 is 1.53 bits per heavy atom. The summed E-state index contributed by atoms with van der Waals surface area (Å²) < 4.78 is 96.6. The second-order valence-electron chi connectivity index (χ2n) is 3.06. The maximum absolute atomic E-state index is 12.8. The van der Waals surface area contributed by atoms with Gasteiger partial charge in [0.2, 0.25) is 0 Å². The van der Waals surface area contributed by atoms with Gasteiger partial charge in [0.15, 0.2) is 0 Å². The van der Waals surface area contributed by atoms with Gasteiger partial charge < -0.3 is 0 Å². The molecule has 1 heterocycles. The smallest absolute Gasteiger partial charge is 0.254 e. The molecule has 0 spiro atoms. The van der Waals surface area contributed by atoms with Gasteiger partial charge in [-0.2, -0.15) is 40.2 Å². The molecule has 0 N–H and O–H groups in total. The third kappa shape index (κ3) is 2.86. The van der Waals surface area contributed by atoms with Crippen LogP contribution in [0.5, 0.6) is 0 Å². The molecule has 1 aromatic heterocycles. The van der Waals surface area contributed by atoms with E-state index in [1.807, 2.05) is 0 Å². The molecule has 0 radical (unpaired) electrons. The van der Waals surface area contributed by atoms with Crippen LogP contribution >= 0.6 is 0 Å². The van der Waals surface area contributed by atoms with E-state index in [-0.39, 0.29) is 6.07 Å². The van der Waals surface area contributed by atoms with Crippen LogP contribution in [0.25, 0.3) is 0 Å². The number of hydrogen-bond acceptors (Lipinski definition) is 1. The SMILES string of the molecule is FC(F)(F)Cn1nccc1C(F)(F)C(F)(F)F. The van der Waals surface area contributed by atoms with Crippen LogP contribution in [0.3, 0.4) is 0 Å². The summed E-state index contributed by atoms with van der Waals surface area (Å²) in [6.07, 6.45) is -10.5. The fourth-order valence-electron chi connectivity index (χ4n) is 1.04. The molecule has 2 nitrogen and oxygen atoms in total. The molecular formula is C7H4F8N2. The molecule has 10 heteroatoms. The minimum Gasteiger partial charge on any atom is -0.254 e. The van der Waals surface area contributed by atoms with Gasteiger partial charge in [-0.1, -0.05) is 0 Å². The molecule has 1 aromatic rings. The fourth-order valence-corrected chi connectivity index (χ4v) is 1.04. The number of aromatic nitrogens is 2. The number of halogens is 8. The lowest BCUT2D eigenvalue weighted by atomic mass is 10.2. The van der Waals surface area contributed by atoms with E-state index in [1.165, 1.54) is 0 Å². The van der Waals surface area contributed by atoms with Crippen LogP contribution in [0.1, 0.15) is 5.69 Å². The maximum atomic E-state index is 12.8. The summed E-state index contributed by atoms with van der Waals surface area (Å²) in [7, 11) is 0. The van der Waals surface area contributed by atoms with Crippen molar-refractivity contribution in [3.05, 3.63) is 18.0 Å². The first-order valence-corrected chi connectivity index (χ1v) is 3.99. The van der Waals surface area contributed by atoms with E-state index in [1.54, 1.807) is 0 Å². The van der Waals surface area contributed by atoms with Crippen molar-refractivity contribution in [2.45, 2.75) is 24.8 Å². The van der Waals surface area contributed by atoms with E-state index in [9.17, 15) is 35.1 Å². The standard InChI is InChI=1S/C7H4F8N2/c8-5(9,10)3-17-4(1-2-16-17)6(11,12)7(13,14)15/h1-2H,3H2. The van der Waals surface area contributed by atoms with E-state index in [0.717, 1.165) is 0 Å². The summed E-state index contributed by atoms with van der Waals surface area (Å²) in [4.78, 5) is 0. The van der Waals surface area contributed by atoms with E-state index in [2.05, 4.69) is 5.10 Å². The Kier molecular flexibility index (Phi) is 3.10. The zero-order chi connectivity index (χ0) is 13.5. The third-order valence-corrected chi connectivity index (χ3v) is 1.72. The Morgan fingerprint density at radius 1 is 1.00 bits per heavy atom. The van der Waals surface area contributed by atoms with Crippen molar-refractivity contribution in [3.8, 4) is 0 Å². The highest BCUT2D eigenvalue weighted by Gasteiger charge is 2.60. The lowest BCUT2D eigenvalue weighted by Gasteiger charge is -2.21. The monoisotopic (exact) mass is 268 g/mol. The third-order valence-electron chi connectivity index (χ3n) is 1.72. The zero-order valence-electron chi connectivity index (χ0n) is 7.78. The van der Waals surface area contributed by atoms with Crippen molar-refractivity contribution in [3.63, 3.8) is 0 Å². The topological polar surface area (TPSA) is 17.8 Å². The molecule has 98 valence electrons. The highest BCUT2D eigenvalue weighted by Crippen LogP contribution is 2.43. The van der Waals surface area contributed by atoms with Crippen molar-refractivity contribution in [2.75, 3.05) is 0 Å². The molecule has 0 atom stereocenters.